The van der Waals surface area contributed by atoms with E-state index in [1.165, 1.54) is 6.07 Å². The molecule has 3 aliphatic heterocycles. The number of anilines is 1. The molecule has 0 aliphatic carbocycles. The molecule has 6 nitrogen and oxygen atoms in total. The lowest BCUT2D eigenvalue weighted by Gasteiger charge is -2.47. The van der Waals surface area contributed by atoms with Crippen molar-refractivity contribution in [2.45, 2.75) is 31.2 Å². The molecule has 0 N–H and O–H groups in total. The van der Waals surface area contributed by atoms with Crippen molar-refractivity contribution in [1.82, 2.24) is 9.88 Å². The molecular weight excluding hydrogens is 429 g/mol. The van der Waals surface area contributed by atoms with Gasteiger partial charge >= 0.3 is 0 Å². The maximum atomic E-state index is 14.0. The van der Waals surface area contributed by atoms with Gasteiger partial charge in [-0.25, -0.2) is 4.39 Å². The van der Waals surface area contributed by atoms with Gasteiger partial charge in [-0.1, -0.05) is 0 Å². The highest BCUT2D eigenvalue weighted by atomic mass is 79.9. The van der Waals surface area contributed by atoms with Crippen LogP contribution in [0, 0.1) is 5.82 Å². The van der Waals surface area contributed by atoms with Gasteiger partial charge in [-0.15, -0.1) is 0 Å². The van der Waals surface area contributed by atoms with Crippen LogP contribution in [0.5, 0.6) is 0 Å². The van der Waals surface area contributed by atoms with E-state index in [2.05, 4.69) is 25.8 Å². The zero-order chi connectivity index (χ0) is 19.8. The average molecular weight is 450 g/mol. The van der Waals surface area contributed by atoms with Crippen LogP contribution in [0.2, 0.25) is 0 Å². The Morgan fingerprint density at radius 2 is 2.11 bits per heavy atom. The van der Waals surface area contributed by atoms with Crippen molar-refractivity contribution in [3.05, 3.63) is 34.2 Å². The number of carbonyl (C=O) groups is 1. The number of pyridine rings is 1. The van der Waals surface area contributed by atoms with Crippen molar-refractivity contribution < 1.29 is 18.7 Å². The molecule has 2 fully saturated rings. The summed E-state index contributed by atoms with van der Waals surface area (Å²) >= 11 is 3.27. The number of hydrogen-bond donors (Lipinski definition) is 0. The Kier molecular flexibility index (Phi) is 3.91. The van der Waals surface area contributed by atoms with E-state index in [9.17, 15) is 9.18 Å². The fourth-order valence-corrected chi connectivity index (χ4v) is 5.10. The molecule has 1 aromatic heterocycles. The number of aromatic nitrogens is 1. The summed E-state index contributed by atoms with van der Waals surface area (Å²) in [4.78, 5) is 21.5. The number of carbonyl (C=O) groups excluding carboxylic acids is 1. The van der Waals surface area contributed by atoms with Crippen LogP contribution in [-0.4, -0.2) is 61.0 Å². The first-order chi connectivity index (χ1) is 13.2. The summed E-state index contributed by atoms with van der Waals surface area (Å²) < 4.78 is 25.9. The molecule has 28 heavy (non-hydrogen) atoms. The lowest BCUT2D eigenvalue weighted by Crippen LogP contribution is -2.64. The number of hydrogen-bond acceptors (Lipinski definition) is 5. The molecule has 2 saturated heterocycles. The Morgan fingerprint density at radius 3 is 2.79 bits per heavy atom. The second kappa shape index (κ2) is 5.95. The van der Waals surface area contributed by atoms with Gasteiger partial charge in [0.2, 0.25) is 5.91 Å². The number of likely N-dealkylation sites (tertiary alicyclic amines) is 1. The largest absolute Gasteiger partial charge is 0.348 e. The number of amides is 1. The van der Waals surface area contributed by atoms with Gasteiger partial charge in [-0.05, 0) is 35.8 Å². The quantitative estimate of drug-likeness (QED) is 0.705. The van der Waals surface area contributed by atoms with Crippen molar-refractivity contribution in [3.8, 4) is 0 Å². The Labute approximate surface area is 170 Å². The predicted molar refractivity (Wildman–Crippen MR) is 106 cm³/mol. The van der Waals surface area contributed by atoms with Crippen LogP contribution < -0.4 is 4.90 Å². The number of likely N-dealkylation sites (N-methyl/N-ethyl adjacent to an activating group) is 1. The molecular formula is C20H21BrFN3O3. The molecule has 8 heteroatoms. The molecule has 3 aliphatic rings. The number of benzene rings is 1. The van der Waals surface area contributed by atoms with Gasteiger partial charge in [0.15, 0.2) is 5.79 Å². The molecule has 0 unspecified atom stereocenters. The number of fused-ring (bicyclic) bond motifs is 4. The average Bonchev–Trinajstić information content (AvgIpc) is 3.05. The Morgan fingerprint density at radius 1 is 1.36 bits per heavy atom. The third kappa shape index (κ3) is 2.55. The molecule has 0 saturated carbocycles. The number of nitrogens with zero attached hydrogens (tertiary/aromatic N) is 3. The van der Waals surface area contributed by atoms with Gasteiger partial charge in [-0.3, -0.25) is 14.7 Å². The Balaban J connectivity index is 1.49. The van der Waals surface area contributed by atoms with Crippen molar-refractivity contribution in [2.75, 3.05) is 38.2 Å². The second-order valence-corrected chi connectivity index (χ2v) is 9.22. The van der Waals surface area contributed by atoms with Gasteiger partial charge < -0.3 is 14.4 Å². The predicted octanol–water partition coefficient (Wildman–Crippen LogP) is 2.82. The minimum absolute atomic E-state index is 0.00141. The summed E-state index contributed by atoms with van der Waals surface area (Å²) in [5, 5.41) is 0.824. The topological polar surface area (TPSA) is 54.9 Å². The summed E-state index contributed by atoms with van der Waals surface area (Å²) in [5.41, 5.74) is 1.70. The normalized spacial score (nSPS) is 25.5. The van der Waals surface area contributed by atoms with E-state index in [1.54, 1.807) is 24.2 Å². The van der Waals surface area contributed by atoms with E-state index in [1.807, 2.05) is 13.8 Å². The molecule has 148 valence electrons. The molecule has 2 aromatic rings. The Hall–Kier alpha value is -1.61. The summed E-state index contributed by atoms with van der Waals surface area (Å²) in [6.07, 6.45) is 1.68. The highest BCUT2D eigenvalue weighted by Crippen LogP contribution is 2.50. The van der Waals surface area contributed by atoms with Gasteiger partial charge in [-0.2, -0.15) is 0 Å². The van der Waals surface area contributed by atoms with Crippen molar-refractivity contribution in [3.63, 3.8) is 0 Å². The molecule has 1 aromatic carbocycles. The third-order valence-electron chi connectivity index (χ3n) is 5.96. The van der Waals surface area contributed by atoms with Gasteiger partial charge in [0, 0.05) is 43.7 Å². The Bertz CT molecular complexity index is 1010. The van der Waals surface area contributed by atoms with Crippen LogP contribution in [0.3, 0.4) is 0 Å². The minimum Gasteiger partial charge on any atom is -0.348 e. The molecule has 1 amide bonds. The van der Waals surface area contributed by atoms with Crippen LogP contribution in [0.15, 0.2) is 22.8 Å². The molecule has 0 bridgehead atoms. The van der Waals surface area contributed by atoms with E-state index >= 15 is 0 Å². The van der Waals surface area contributed by atoms with Crippen molar-refractivity contribution in [1.29, 1.82) is 0 Å². The molecule has 1 spiro atoms. The number of halogens is 2. The van der Waals surface area contributed by atoms with Crippen LogP contribution >= 0.6 is 15.9 Å². The summed E-state index contributed by atoms with van der Waals surface area (Å²) in [6, 6.07) is 3.15. The number of rotatable bonds is 2. The highest BCUT2D eigenvalue weighted by molar-refractivity contribution is 9.10. The fraction of sp³-hybridized carbons (Fsp3) is 0.500. The van der Waals surface area contributed by atoms with Crippen molar-refractivity contribution >= 4 is 38.4 Å². The van der Waals surface area contributed by atoms with E-state index < -0.39 is 11.2 Å². The summed E-state index contributed by atoms with van der Waals surface area (Å²) in [5.74, 6) is -0.845. The highest BCUT2D eigenvalue weighted by Gasteiger charge is 2.58. The summed E-state index contributed by atoms with van der Waals surface area (Å²) in [7, 11) is 1.78. The number of ether oxygens (including phenoxy) is 2. The third-order valence-corrected chi connectivity index (χ3v) is 6.57. The first-order valence-electron chi connectivity index (χ1n) is 9.31. The monoisotopic (exact) mass is 449 g/mol. The zero-order valence-corrected chi connectivity index (χ0v) is 17.5. The second-order valence-electron chi connectivity index (χ2n) is 8.37. The van der Waals surface area contributed by atoms with E-state index in [4.69, 9.17) is 9.47 Å². The molecule has 4 heterocycles. The standard InChI is InChI=1S/C20H21BrFN3O3/c1-19(2)27-8-11(28-19)7-25-9-20(10-25)17-12-4-13(21)14(22)5-15(12)23-6-16(17)24(3)18(20)26/h4-6,11H,7-10H2,1-3H3/t11-/m1/s1. The molecule has 5 rings (SSSR count). The van der Waals surface area contributed by atoms with Crippen LogP contribution in [-0.2, 0) is 19.7 Å². The summed E-state index contributed by atoms with van der Waals surface area (Å²) in [6.45, 7) is 6.31. The van der Waals surface area contributed by atoms with Crippen LogP contribution in [0.1, 0.15) is 19.4 Å². The van der Waals surface area contributed by atoms with E-state index in [0.29, 0.717) is 29.7 Å². The zero-order valence-electron chi connectivity index (χ0n) is 16.0. The smallest absolute Gasteiger partial charge is 0.240 e. The first-order valence-corrected chi connectivity index (χ1v) is 10.1. The maximum Gasteiger partial charge on any atom is 0.240 e. The first kappa shape index (κ1) is 18.4. The lowest BCUT2D eigenvalue weighted by atomic mass is 9.73. The molecule has 1 atom stereocenters. The van der Waals surface area contributed by atoms with Crippen LogP contribution in [0.4, 0.5) is 10.1 Å². The molecule has 0 radical (unpaired) electrons. The van der Waals surface area contributed by atoms with E-state index in [0.717, 1.165) is 23.2 Å². The lowest BCUT2D eigenvalue weighted by molar-refractivity contribution is -0.145. The minimum atomic E-state index is -0.614. The SMILES string of the molecule is CN1C(=O)C2(CN(C[C@@H]3COC(C)(C)O3)C2)c2c1cnc1cc(F)c(Br)cc21. The van der Waals surface area contributed by atoms with Crippen molar-refractivity contribution in [2.24, 2.45) is 0 Å². The van der Waals surface area contributed by atoms with E-state index in [-0.39, 0.29) is 17.8 Å². The van der Waals surface area contributed by atoms with Gasteiger partial charge in [0.1, 0.15) is 11.2 Å². The van der Waals surface area contributed by atoms with Gasteiger partial charge in [0.05, 0.1) is 34.6 Å². The fourth-order valence-electron chi connectivity index (χ4n) is 4.75. The maximum absolute atomic E-state index is 14.0. The van der Waals surface area contributed by atoms with Gasteiger partial charge in [0.25, 0.3) is 0 Å². The van der Waals surface area contributed by atoms with Crippen LogP contribution in [0.25, 0.3) is 10.9 Å².